The number of hydrogen-bond donors (Lipinski definition) is 0. The first-order chi connectivity index (χ1) is 16.1. The van der Waals surface area contributed by atoms with Crippen molar-refractivity contribution in [3.8, 4) is 11.6 Å². The average molecular weight is 494 g/mol. The second-order valence-electron chi connectivity index (χ2n) is 8.69. The van der Waals surface area contributed by atoms with Crippen molar-refractivity contribution in [3.05, 3.63) is 82.7 Å². The maximum absolute atomic E-state index is 13.0. The summed E-state index contributed by atoms with van der Waals surface area (Å²) in [6.45, 7) is 7.18. The summed E-state index contributed by atoms with van der Waals surface area (Å²) in [5.74, 6) is 0.386. The highest BCUT2D eigenvalue weighted by Gasteiger charge is 2.35. The van der Waals surface area contributed by atoms with Gasteiger partial charge >= 0.3 is 12.4 Å². The standard InChI is InChI=1S/C23H20F6N6/c1-13-9-17(30-19(11-13)34-7-5-15(32-34)22(24,25)26)21(3,4)18-10-14(2)12-20(31-18)35-8-6-16(33-35)23(27,28)29/h5-12H,1-4H3. The van der Waals surface area contributed by atoms with E-state index in [1.807, 2.05) is 13.8 Å². The van der Waals surface area contributed by atoms with Gasteiger partial charge in [0.2, 0.25) is 0 Å². The second kappa shape index (κ2) is 8.21. The molecule has 0 amide bonds. The molecule has 4 aromatic heterocycles. The van der Waals surface area contributed by atoms with Gasteiger partial charge < -0.3 is 0 Å². The third-order valence-corrected chi connectivity index (χ3v) is 5.42. The van der Waals surface area contributed by atoms with Gasteiger partial charge in [0.15, 0.2) is 23.0 Å². The quantitative estimate of drug-likeness (QED) is 0.335. The fourth-order valence-corrected chi connectivity index (χ4v) is 3.51. The van der Waals surface area contributed by atoms with E-state index in [4.69, 9.17) is 0 Å². The van der Waals surface area contributed by atoms with E-state index in [2.05, 4.69) is 20.2 Å². The smallest absolute Gasteiger partial charge is 0.233 e. The highest BCUT2D eigenvalue weighted by Crippen LogP contribution is 2.33. The molecule has 0 bridgehead atoms. The van der Waals surface area contributed by atoms with Gasteiger partial charge in [0.1, 0.15) is 0 Å². The van der Waals surface area contributed by atoms with E-state index >= 15 is 0 Å². The van der Waals surface area contributed by atoms with Crippen LogP contribution < -0.4 is 0 Å². The lowest BCUT2D eigenvalue weighted by molar-refractivity contribution is -0.142. The maximum Gasteiger partial charge on any atom is 0.435 e. The topological polar surface area (TPSA) is 61.4 Å². The zero-order valence-electron chi connectivity index (χ0n) is 19.1. The molecule has 4 heterocycles. The van der Waals surface area contributed by atoms with Gasteiger partial charge in [-0.25, -0.2) is 19.3 Å². The Hall–Kier alpha value is -3.70. The van der Waals surface area contributed by atoms with E-state index in [-0.39, 0.29) is 11.6 Å². The highest BCUT2D eigenvalue weighted by molar-refractivity contribution is 5.40. The molecule has 0 saturated carbocycles. The Balaban J connectivity index is 1.76. The fraction of sp³-hybridized carbons (Fsp3) is 0.304. The third kappa shape index (κ3) is 4.91. The first-order valence-corrected chi connectivity index (χ1v) is 10.4. The first kappa shape index (κ1) is 24.4. The average Bonchev–Trinajstić information content (AvgIpc) is 3.42. The summed E-state index contributed by atoms with van der Waals surface area (Å²) in [6, 6.07) is 8.48. The molecule has 4 aromatic rings. The Bertz CT molecular complexity index is 1280. The van der Waals surface area contributed by atoms with Crippen LogP contribution >= 0.6 is 0 Å². The zero-order chi connectivity index (χ0) is 25.8. The van der Waals surface area contributed by atoms with Crippen LogP contribution in [0.4, 0.5) is 26.3 Å². The van der Waals surface area contributed by atoms with Gasteiger partial charge in [-0.05, 0) is 75.2 Å². The summed E-state index contributed by atoms with van der Waals surface area (Å²) in [7, 11) is 0. The molecule has 12 heteroatoms. The number of halogens is 6. The summed E-state index contributed by atoms with van der Waals surface area (Å²) >= 11 is 0. The highest BCUT2D eigenvalue weighted by atomic mass is 19.4. The molecule has 4 rings (SSSR count). The minimum Gasteiger partial charge on any atom is -0.233 e. The van der Waals surface area contributed by atoms with Crippen LogP contribution in [0.1, 0.15) is 47.8 Å². The molecule has 35 heavy (non-hydrogen) atoms. The van der Waals surface area contributed by atoms with Crippen LogP contribution in [0.15, 0.2) is 48.8 Å². The van der Waals surface area contributed by atoms with Crippen molar-refractivity contribution in [1.82, 2.24) is 29.5 Å². The molecule has 0 aliphatic carbocycles. The molecule has 0 aromatic carbocycles. The van der Waals surface area contributed by atoms with E-state index < -0.39 is 29.2 Å². The Kier molecular flexibility index (Phi) is 5.73. The van der Waals surface area contributed by atoms with Crippen LogP contribution in [0.25, 0.3) is 11.6 Å². The summed E-state index contributed by atoms with van der Waals surface area (Å²) in [5, 5.41) is 7.18. The SMILES string of the molecule is Cc1cc(-n2ccc(C(F)(F)F)n2)nc(C(C)(C)c2cc(C)cc(-n3ccc(C(F)(F)F)n3)n2)c1. The zero-order valence-corrected chi connectivity index (χ0v) is 19.1. The maximum atomic E-state index is 13.0. The van der Waals surface area contributed by atoms with Gasteiger partial charge in [0.25, 0.3) is 0 Å². The lowest BCUT2D eigenvalue weighted by atomic mass is 9.83. The van der Waals surface area contributed by atoms with Gasteiger partial charge in [-0.1, -0.05) is 0 Å². The number of hydrogen-bond acceptors (Lipinski definition) is 4. The molecule has 0 radical (unpaired) electrons. The lowest BCUT2D eigenvalue weighted by Crippen LogP contribution is -2.24. The molecule has 0 N–H and O–H groups in total. The molecule has 0 aliphatic heterocycles. The van der Waals surface area contributed by atoms with Crippen molar-refractivity contribution in [2.45, 2.75) is 45.5 Å². The van der Waals surface area contributed by atoms with E-state index in [0.717, 1.165) is 32.6 Å². The molecular weight excluding hydrogens is 474 g/mol. The molecule has 6 nitrogen and oxygen atoms in total. The summed E-state index contributed by atoms with van der Waals surface area (Å²) in [5.41, 5.74) is -0.474. The van der Waals surface area contributed by atoms with Gasteiger partial charge in [-0.15, -0.1) is 0 Å². The molecule has 0 fully saturated rings. The van der Waals surface area contributed by atoms with Gasteiger partial charge in [0, 0.05) is 17.8 Å². The van der Waals surface area contributed by atoms with Crippen LogP contribution in [-0.2, 0) is 17.8 Å². The van der Waals surface area contributed by atoms with Gasteiger partial charge in [-0.3, -0.25) is 0 Å². The number of rotatable bonds is 4. The van der Waals surface area contributed by atoms with Crippen LogP contribution in [0.3, 0.4) is 0 Å². The monoisotopic (exact) mass is 494 g/mol. The van der Waals surface area contributed by atoms with Crippen LogP contribution in [0.2, 0.25) is 0 Å². The van der Waals surface area contributed by atoms with Crippen molar-refractivity contribution < 1.29 is 26.3 Å². The van der Waals surface area contributed by atoms with Crippen molar-refractivity contribution >= 4 is 0 Å². The largest absolute Gasteiger partial charge is 0.435 e. The Morgan fingerprint density at radius 3 is 1.29 bits per heavy atom. The van der Waals surface area contributed by atoms with E-state index in [1.165, 1.54) is 12.4 Å². The molecule has 0 unspecified atom stereocenters. The van der Waals surface area contributed by atoms with Crippen molar-refractivity contribution in [2.75, 3.05) is 0 Å². The first-order valence-electron chi connectivity index (χ1n) is 10.4. The van der Waals surface area contributed by atoms with Crippen molar-refractivity contribution in [1.29, 1.82) is 0 Å². The second-order valence-corrected chi connectivity index (χ2v) is 8.69. The van der Waals surface area contributed by atoms with Crippen LogP contribution in [0.5, 0.6) is 0 Å². The van der Waals surface area contributed by atoms with Crippen molar-refractivity contribution in [3.63, 3.8) is 0 Å². The Morgan fingerprint density at radius 1 is 0.600 bits per heavy atom. The lowest BCUT2D eigenvalue weighted by Gasteiger charge is -2.25. The molecule has 0 spiro atoms. The predicted molar refractivity (Wildman–Crippen MR) is 114 cm³/mol. The predicted octanol–water partition coefficient (Wildman–Crippen LogP) is 5.83. The minimum atomic E-state index is -4.59. The minimum absolute atomic E-state index is 0.193. The number of pyridine rings is 2. The molecule has 184 valence electrons. The number of nitrogens with zero attached hydrogens (tertiary/aromatic N) is 6. The molecular formula is C23H20F6N6. The Morgan fingerprint density at radius 2 is 0.971 bits per heavy atom. The van der Waals surface area contributed by atoms with Crippen LogP contribution in [0, 0.1) is 13.8 Å². The normalized spacial score (nSPS) is 12.9. The van der Waals surface area contributed by atoms with E-state index in [9.17, 15) is 26.3 Å². The summed E-state index contributed by atoms with van der Waals surface area (Å²) < 4.78 is 80.1. The molecule has 0 atom stereocenters. The Labute approximate surface area is 196 Å². The number of aryl methyl sites for hydroxylation is 2. The summed E-state index contributed by atoms with van der Waals surface area (Å²) in [6.07, 6.45) is -6.81. The van der Waals surface area contributed by atoms with Crippen molar-refractivity contribution in [2.24, 2.45) is 0 Å². The number of aromatic nitrogens is 6. The van der Waals surface area contributed by atoms with Gasteiger partial charge in [0.05, 0.1) is 11.4 Å². The van der Waals surface area contributed by atoms with E-state index in [1.54, 1.807) is 38.1 Å². The summed E-state index contributed by atoms with van der Waals surface area (Å²) in [4.78, 5) is 9.08. The number of alkyl halides is 6. The molecule has 0 saturated heterocycles. The van der Waals surface area contributed by atoms with Crippen LogP contribution in [-0.4, -0.2) is 29.5 Å². The third-order valence-electron chi connectivity index (χ3n) is 5.42. The van der Waals surface area contributed by atoms with E-state index in [0.29, 0.717) is 11.4 Å². The molecule has 0 aliphatic rings. The van der Waals surface area contributed by atoms with Gasteiger partial charge in [-0.2, -0.15) is 36.5 Å². The fourth-order valence-electron chi connectivity index (χ4n) is 3.51.